The average Bonchev–Trinajstić information content (AvgIpc) is 2.99. The minimum atomic E-state index is -2.99. The van der Waals surface area contributed by atoms with Gasteiger partial charge in [-0.15, -0.1) is 0 Å². The fourth-order valence-corrected chi connectivity index (χ4v) is 4.66. The molecule has 0 spiro atoms. The summed E-state index contributed by atoms with van der Waals surface area (Å²) in [5, 5.41) is 3.76. The Labute approximate surface area is 130 Å². The monoisotopic (exact) mass is 320 g/mol. The van der Waals surface area contributed by atoms with E-state index in [2.05, 4.69) is 23.7 Å². The van der Waals surface area contributed by atoms with E-state index in [0.29, 0.717) is 12.0 Å². The molecule has 1 aliphatic heterocycles. The predicted molar refractivity (Wildman–Crippen MR) is 86.8 cm³/mol. The second-order valence-corrected chi connectivity index (χ2v) is 8.36. The van der Waals surface area contributed by atoms with E-state index in [1.807, 2.05) is 30.5 Å². The molecule has 6 heteroatoms. The highest BCUT2D eigenvalue weighted by Crippen LogP contribution is 2.25. The van der Waals surface area contributed by atoms with Gasteiger partial charge in [0.15, 0.2) is 9.84 Å². The lowest BCUT2D eigenvalue weighted by Gasteiger charge is -2.10. The molecule has 1 saturated heterocycles. The molecule has 1 N–H and O–H groups in total. The number of sulfone groups is 1. The van der Waals surface area contributed by atoms with Crippen LogP contribution in [-0.2, 0) is 9.84 Å². The first-order chi connectivity index (χ1) is 10.4. The normalized spacial score (nSPS) is 20.6. The molecule has 1 aromatic carbocycles. The average molecular weight is 320 g/mol. The van der Waals surface area contributed by atoms with E-state index in [0.717, 1.165) is 10.9 Å². The molecule has 22 heavy (non-hydrogen) atoms. The Bertz CT molecular complexity index is 821. The maximum atomic E-state index is 12.5. The summed E-state index contributed by atoms with van der Waals surface area (Å²) in [5.74, 6) is 0.00507. The summed E-state index contributed by atoms with van der Waals surface area (Å²) in [4.78, 5) is 12.5. The molecular formula is C16H20N2O3S. The van der Waals surface area contributed by atoms with Crippen LogP contribution in [0.4, 0.5) is 0 Å². The fraction of sp³-hybridized carbons (Fsp3) is 0.438. The van der Waals surface area contributed by atoms with Crippen LogP contribution in [0.25, 0.3) is 10.9 Å². The van der Waals surface area contributed by atoms with Gasteiger partial charge in [0.1, 0.15) is 0 Å². The van der Waals surface area contributed by atoms with Crippen LogP contribution in [0.2, 0.25) is 0 Å². The summed E-state index contributed by atoms with van der Waals surface area (Å²) in [6.07, 6.45) is 2.35. The van der Waals surface area contributed by atoms with Crippen LogP contribution >= 0.6 is 0 Å². The third-order valence-corrected chi connectivity index (χ3v) is 5.88. The number of rotatable bonds is 3. The summed E-state index contributed by atoms with van der Waals surface area (Å²) in [7, 11) is -2.99. The Morgan fingerprint density at radius 2 is 2.05 bits per heavy atom. The lowest BCUT2D eigenvalue weighted by Crippen LogP contribution is -2.35. The highest BCUT2D eigenvalue weighted by atomic mass is 32.2. The number of hydrogen-bond acceptors (Lipinski definition) is 3. The molecule has 1 aromatic heterocycles. The molecule has 0 radical (unpaired) electrons. The Kier molecular flexibility index (Phi) is 3.72. The maximum absolute atomic E-state index is 12.5. The van der Waals surface area contributed by atoms with Crippen LogP contribution in [-0.4, -0.2) is 36.4 Å². The number of aromatic nitrogens is 1. The van der Waals surface area contributed by atoms with Gasteiger partial charge in [-0.2, -0.15) is 0 Å². The molecule has 0 aliphatic carbocycles. The zero-order valence-electron chi connectivity index (χ0n) is 12.7. The maximum Gasteiger partial charge on any atom is 0.253 e. The highest BCUT2D eigenvalue weighted by Gasteiger charge is 2.29. The molecule has 118 valence electrons. The van der Waals surface area contributed by atoms with Crippen molar-refractivity contribution >= 4 is 26.6 Å². The van der Waals surface area contributed by atoms with Gasteiger partial charge in [-0.1, -0.05) is 18.2 Å². The van der Waals surface area contributed by atoms with E-state index < -0.39 is 9.84 Å². The van der Waals surface area contributed by atoms with Gasteiger partial charge >= 0.3 is 0 Å². The quantitative estimate of drug-likeness (QED) is 0.942. The van der Waals surface area contributed by atoms with E-state index in [-0.39, 0.29) is 29.5 Å². The first-order valence-electron chi connectivity index (χ1n) is 7.48. The van der Waals surface area contributed by atoms with Crippen LogP contribution in [0, 0.1) is 0 Å². The van der Waals surface area contributed by atoms with Crippen molar-refractivity contribution in [2.45, 2.75) is 32.4 Å². The number of nitrogens with zero attached hydrogens (tertiary/aromatic N) is 1. The summed E-state index contributed by atoms with van der Waals surface area (Å²) in [6.45, 7) is 4.13. The molecular weight excluding hydrogens is 300 g/mol. The Hall–Kier alpha value is -1.82. The van der Waals surface area contributed by atoms with E-state index >= 15 is 0 Å². The first-order valence-corrected chi connectivity index (χ1v) is 9.30. The van der Waals surface area contributed by atoms with Crippen molar-refractivity contribution in [3.05, 3.63) is 36.0 Å². The van der Waals surface area contributed by atoms with E-state index in [1.165, 1.54) is 0 Å². The highest BCUT2D eigenvalue weighted by molar-refractivity contribution is 7.91. The van der Waals surface area contributed by atoms with Crippen molar-refractivity contribution in [3.63, 3.8) is 0 Å². The number of amides is 1. The van der Waals surface area contributed by atoms with E-state index in [4.69, 9.17) is 0 Å². The van der Waals surface area contributed by atoms with Gasteiger partial charge < -0.3 is 9.88 Å². The van der Waals surface area contributed by atoms with E-state index in [1.54, 1.807) is 0 Å². The third-order valence-electron chi connectivity index (χ3n) is 4.11. The standard InChI is InChI=1S/C16H20N2O3S/c1-11(2)18-9-14(13-5-3-4-6-15(13)18)16(19)17-12-7-8-22(20,21)10-12/h3-6,9,11-12H,7-8,10H2,1-2H3,(H,17,19)/t12-/m1/s1. The molecule has 5 nitrogen and oxygen atoms in total. The summed E-state index contributed by atoms with van der Waals surface area (Å²) >= 11 is 0. The van der Waals surface area contributed by atoms with Gasteiger partial charge in [-0.3, -0.25) is 4.79 Å². The van der Waals surface area contributed by atoms with Crippen molar-refractivity contribution in [1.82, 2.24) is 9.88 Å². The molecule has 0 unspecified atom stereocenters. The minimum Gasteiger partial charge on any atom is -0.348 e. The summed E-state index contributed by atoms with van der Waals surface area (Å²) in [6, 6.07) is 7.74. The molecule has 1 amide bonds. The number of carbonyl (C=O) groups excluding carboxylic acids is 1. The first kappa shape index (κ1) is 15.1. The number of hydrogen-bond donors (Lipinski definition) is 1. The van der Waals surface area contributed by atoms with Gasteiger partial charge in [0.05, 0.1) is 17.1 Å². The number of para-hydroxylation sites is 1. The van der Waals surface area contributed by atoms with Crippen molar-refractivity contribution in [1.29, 1.82) is 0 Å². The van der Waals surface area contributed by atoms with Gasteiger partial charge in [0, 0.05) is 29.2 Å². The second-order valence-electron chi connectivity index (χ2n) is 6.13. The fourth-order valence-electron chi connectivity index (χ4n) is 2.98. The van der Waals surface area contributed by atoms with Crippen molar-refractivity contribution in [3.8, 4) is 0 Å². The molecule has 2 heterocycles. The van der Waals surface area contributed by atoms with Crippen LogP contribution < -0.4 is 5.32 Å². The molecule has 1 aliphatic rings. The Balaban J connectivity index is 1.91. The zero-order chi connectivity index (χ0) is 15.9. The lowest BCUT2D eigenvalue weighted by molar-refractivity contribution is 0.0942. The van der Waals surface area contributed by atoms with Crippen molar-refractivity contribution < 1.29 is 13.2 Å². The van der Waals surface area contributed by atoms with Gasteiger partial charge in [0.2, 0.25) is 0 Å². The van der Waals surface area contributed by atoms with Crippen molar-refractivity contribution in [2.24, 2.45) is 0 Å². The SMILES string of the molecule is CC(C)n1cc(C(=O)N[C@@H]2CCS(=O)(=O)C2)c2ccccc21. The third kappa shape index (κ3) is 2.75. The number of carbonyl (C=O) groups is 1. The summed E-state index contributed by atoms with van der Waals surface area (Å²) in [5.41, 5.74) is 1.62. The topological polar surface area (TPSA) is 68.2 Å². The van der Waals surface area contributed by atoms with Gasteiger partial charge in [0.25, 0.3) is 5.91 Å². The van der Waals surface area contributed by atoms with Crippen molar-refractivity contribution in [2.75, 3.05) is 11.5 Å². The van der Waals surface area contributed by atoms with Gasteiger partial charge in [-0.25, -0.2) is 8.42 Å². The number of fused-ring (bicyclic) bond motifs is 1. The Morgan fingerprint density at radius 3 is 2.68 bits per heavy atom. The number of nitrogens with one attached hydrogen (secondary N) is 1. The van der Waals surface area contributed by atoms with Crippen LogP contribution in [0.15, 0.2) is 30.5 Å². The number of benzene rings is 1. The molecule has 0 bridgehead atoms. The molecule has 0 saturated carbocycles. The molecule has 2 aromatic rings. The molecule has 1 fully saturated rings. The predicted octanol–water partition coefficient (Wildman–Crippen LogP) is 2.14. The lowest BCUT2D eigenvalue weighted by atomic mass is 10.1. The minimum absolute atomic E-state index is 0.0432. The van der Waals surface area contributed by atoms with Crippen LogP contribution in [0.1, 0.15) is 36.7 Å². The Morgan fingerprint density at radius 1 is 1.32 bits per heavy atom. The smallest absolute Gasteiger partial charge is 0.253 e. The van der Waals surface area contributed by atoms with E-state index in [9.17, 15) is 13.2 Å². The zero-order valence-corrected chi connectivity index (χ0v) is 13.6. The largest absolute Gasteiger partial charge is 0.348 e. The molecule has 3 rings (SSSR count). The molecule has 1 atom stereocenters. The summed E-state index contributed by atoms with van der Waals surface area (Å²) < 4.78 is 25.1. The second kappa shape index (κ2) is 5.43. The van der Waals surface area contributed by atoms with Gasteiger partial charge in [-0.05, 0) is 26.3 Å². The van der Waals surface area contributed by atoms with Crippen LogP contribution in [0.5, 0.6) is 0 Å². The van der Waals surface area contributed by atoms with Crippen LogP contribution in [0.3, 0.4) is 0 Å².